The molecule has 0 unspecified atom stereocenters. The van der Waals surface area contributed by atoms with Gasteiger partial charge in [0.25, 0.3) is 0 Å². The third-order valence-electron chi connectivity index (χ3n) is 3.07. The Labute approximate surface area is 100 Å². The van der Waals surface area contributed by atoms with Crippen LogP contribution in [0.4, 0.5) is 0 Å². The Morgan fingerprint density at radius 3 is 2.88 bits per heavy atom. The Balaban J connectivity index is 1.81. The molecule has 0 radical (unpaired) electrons. The van der Waals surface area contributed by atoms with Crippen LogP contribution in [-0.2, 0) is 11.3 Å². The first-order valence-corrected chi connectivity index (χ1v) is 6.04. The molecule has 1 saturated carbocycles. The molecule has 92 valence electrons. The predicted octanol–water partition coefficient (Wildman–Crippen LogP) is 1.14. The lowest BCUT2D eigenvalue weighted by molar-refractivity contribution is -0.122. The van der Waals surface area contributed by atoms with E-state index in [0.29, 0.717) is 18.0 Å². The second-order valence-corrected chi connectivity index (χ2v) is 4.49. The van der Waals surface area contributed by atoms with Crippen LogP contribution in [0.15, 0.2) is 12.5 Å². The normalized spacial score (nSPS) is 16.7. The van der Waals surface area contributed by atoms with Crippen LogP contribution in [0.5, 0.6) is 0 Å². The van der Waals surface area contributed by atoms with Gasteiger partial charge in [-0.2, -0.15) is 0 Å². The van der Waals surface area contributed by atoms with Gasteiger partial charge in [-0.15, -0.1) is 0 Å². The highest BCUT2D eigenvalue weighted by Gasteiger charge is 2.15. The Morgan fingerprint density at radius 1 is 1.47 bits per heavy atom. The van der Waals surface area contributed by atoms with Crippen molar-refractivity contribution >= 4 is 12.2 Å². The standard InChI is InChI=1S/C12H17N3O2/c16-8-11-6-15(9-13-11)7-12(17)14-10-4-2-1-3-5-10/h6,8-10H,1-5,7H2,(H,14,17). The summed E-state index contributed by atoms with van der Waals surface area (Å²) in [6, 6.07) is 0.324. The van der Waals surface area contributed by atoms with Crippen molar-refractivity contribution in [1.82, 2.24) is 14.9 Å². The molecule has 0 saturated heterocycles. The van der Waals surface area contributed by atoms with Crippen LogP contribution in [0.25, 0.3) is 0 Å². The predicted molar refractivity (Wildman–Crippen MR) is 62.6 cm³/mol. The van der Waals surface area contributed by atoms with Gasteiger partial charge < -0.3 is 9.88 Å². The van der Waals surface area contributed by atoms with Gasteiger partial charge in [0.15, 0.2) is 6.29 Å². The summed E-state index contributed by atoms with van der Waals surface area (Å²) in [7, 11) is 0. The molecule has 1 aliphatic rings. The number of amides is 1. The van der Waals surface area contributed by atoms with E-state index < -0.39 is 0 Å². The maximum atomic E-state index is 11.7. The number of aldehydes is 1. The number of imidazole rings is 1. The number of aromatic nitrogens is 2. The van der Waals surface area contributed by atoms with E-state index >= 15 is 0 Å². The smallest absolute Gasteiger partial charge is 0.240 e. The van der Waals surface area contributed by atoms with Crippen LogP contribution in [0.3, 0.4) is 0 Å². The van der Waals surface area contributed by atoms with Gasteiger partial charge in [0, 0.05) is 12.2 Å². The summed E-state index contributed by atoms with van der Waals surface area (Å²) < 4.78 is 1.63. The van der Waals surface area contributed by atoms with E-state index in [4.69, 9.17) is 0 Å². The number of hydrogen-bond acceptors (Lipinski definition) is 3. The van der Waals surface area contributed by atoms with Gasteiger partial charge >= 0.3 is 0 Å². The van der Waals surface area contributed by atoms with Crippen molar-refractivity contribution < 1.29 is 9.59 Å². The molecule has 0 aromatic carbocycles. The van der Waals surface area contributed by atoms with E-state index in [1.807, 2.05) is 0 Å². The monoisotopic (exact) mass is 235 g/mol. The van der Waals surface area contributed by atoms with Crippen molar-refractivity contribution in [1.29, 1.82) is 0 Å². The highest BCUT2D eigenvalue weighted by Crippen LogP contribution is 2.17. The largest absolute Gasteiger partial charge is 0.352 e. The Hall–Kier alpha value is -1.65. The fourth-order valence-corrected chi connectivity index (χ4v) is 2.21. The minimum atomic E-state index is -0.00764. The third-order valence-corrected chi connectivity index (χ3v) is 3.07. The Morgan fingerprint density at radius 2 is 2.24 bits per heavy atom. The number of carbonyl (C=O) groups is 2. The summed E-state index contributed by atoms with van der Waals surface area (Å²) in [6.07, 6.45) is 9.59. The molecular formula is C12H17N3O2. The third kappa shape index (κ3) is 3.41. The van der Waals surface area contributed by atoms with E-state index in [9.17, 15) is 9.59 Å². The first kappa shape index (κ1) is 11.8. The number of nitrogens with zero attached hydrogens (tertiary/aromatic N) is 2. The molecule has 1 heterocycles. The summed E-state index contributed by atoms with van der Waals surface area (Å²) >= 11 is 0. The molecule has 1 aliphatic carbocycles. The van der Waals surface area contributed by atoms with Crippen LogP contribution in [0, 0.1) is 0 Å². The van der Waals surface area contributed by atoms with Crippen molar-refractivity contribution in [3.05, 3.63) is 18.2 Å². The molecular weight excluding hydrogens is 218 g/mol. The maximum Gasteiger partial charge on any atom is 0.240 e. The lowest BCUT2D eigenvalue weighted by Crippen LogP contribution is -2.38. The molecule has 0 spiro atoms. The topological polar surface area (TPSA) is 64.0 Å². The fraction of sp³-hybridized carbons (Fsp3) is 0.583. The van der Waals surface area contributed by atoms with Crippen LogP contribution in [0.1, 0.15) is 42.6 Å². The Bertz CT molecular complexity index is 394. The van der Waals surface area contributed by atoms with Gasteiger partial charge in [0.05, 0.1) is 6.33 Å². The molecule has 17 heavy (non-hydrogen) atoms. The quantitative estimate of drug-likeness (QED) is 0.796. The molecule has 1 fully saturated rings. The molecule has 5 heteroatoms. The first-order chi connectivity index (χ1) is 8.28. The zero-order chi connectivity index (χ0) is 12.1. The van der Waals surface area contributed by atoms with Crippen LogP contribution >= 0.6 is 0 Å². The van der Waals surface area contributed by atoms with E-state index in [-0.39, 0.29) is 12.5 Å². The summed E-state index contributed by atoms with van der Waals surface area (Å²) in [5.74, 6) is -0.00764. The maximum absolute atomic E-state index is 11.7. The van der Waals surface area contributed by atoms with Crippen molar-refractivity contribution in [2.75, 3.05) is 0 Å². The average Bonchev–Trinajstić information content (AvgIpc) is 2.78. The molecule has 1 aromatic heterocycles. The van der Waals surface area contributed by atoms with Gasteiger partial charge in [0.2, 0.25) is 5.91 Å². The summed E-state index contributed by atoms with van der Waals surface area (Å²) in [6.45, 7) is 0.233. The van der Waals surface area contributed by atoms with Crippen LogP contribution in [0.2, 0.25) is 0 Å². The number of nitrogens with one attached hydrogen (secondary N) is 1. The van der Waals surface area contributed by atoms with Crippen LogP contribution < -0.4 is 5.32 Å². The number of carbonyl (C=O) groups excluding carboxylic acids is 2. The highest BCUT2D eigenvalue weighted by atomic mass is 16.2. The van der Waals surface area contributed by atoms with E-state index in [0.717, 1.165) is 12.8 Å². The summed E-state index contributed by atoms with van der Waals surface area (Å²) in [4.78, 5) is 26.0. The lowest BCUT2D eigenvalue weighted by Gasteiger charge is -2.22. The summed E-state index contributed by atoms with van der Waals surface area (Å²) in [5.41, 5.74) is 0.357. The molecule has 5 nitrogen and oxygen atoms in total. The number of hydrogen-bond donors (Lipinski definition) is 1. The fourth-order valence-electron chi connectivity index (χ4n) is 2.21. The molecule has 2 rings (SSSR count). The number of rotatable bonds is 4. The van der Waals surface area contributed by atoms with E-state index in [1.54, 1.807) is 10.8 Å². The van der Waals surface area contributed by atoms with Gasteiger partial charge in [-0.25, -0.2) is 4.98 Å². The zero-order valence-corrected chi connectivity index (χ0v) is 9.76. The van der Waals surface area contributed by atoms with E-state index in [2.05, 4.69) is 10.3 Å². The minimum absolute atomic E-state index is 0.00764. The second kappa shape index (κ2) is 5.61. The van der Waals surface area contributed by atoms with Gasteiger partial charge in [-0.05, 0) is 12.8 Å². The van der Waals surface area contributed by atoms with E-state index in [1.165, 1.54) is 25.6 Å². The molecule has 1 aromatic rings. The summed E-state index contributed by atoms with van der Waals surface area (Å²) in [5, 5.41) is 3.02. The Kier molecular flexibility index (Phi) is 3.90. The van der Waals surface area contributed by atoms with Gasteiger partial charge in [0.1, 0.15) is 12.2 Å². The SMILES string of the molecule is O=Cc1cn(CC(=O)NC2CCCCC2)cn1. The minimum Gasteiger partial charge on any atom is -0.352 e. The lowest BCUT2D eigenvalue weighted by atomic mass is 9.95. The van der Waals surface area contributed by atoms with Crippen LogP contribution in [-0.4, -0.2) is 27.8 Å². The van der Waals surface area contributed by atoms with Crippen molar-refractivity contribution in [3.63, 3.8) is 0 Å². The van der Waals surface area contributed by atoms with Crippen molar-refractivity contribution in [2.24, 2.45) is 0 Å². The van der Waals surface area contributed by atoms with Crippen molar-refractivity contribution in [2.45, 2.75) is 44.7 Å². The molecule has 0 aliphatic heterocycles. The average molecular weight is 235 g/mol. The van der Waals surface area contributed by atoms with Gasteiger partial charge in [-0.1, -0.05) is 19.3 Å². The highest BCUT2D eigenvalue weighted by molar-refractivity contribution is 5.76. The zero-order valence-electron chi connectivity index (χ0n) is 9.76. The van der Waals surface area contributed by atoms with Gasteiger partial charge in [-0.3, -0.25) is 9.59 Å². The molecule has 1 N–H and O–H groups in total. The first-order valence-electron chi connectivity index (χ1n) is 6.04. The molecule has 0 bridgehead atoms. The molecule has 0 atom stereocenters. The molecule has 1 amide bonds. The second-order valence-electron chi connectivity index (χ2n) is 4.49. The van der Waals surface area contributed by atoms with Crippen molar-refractivity contribution in [3.8, 4) is 0 Å².